The van der Waals surface area contributed by atoms with Crippen LogP contribution >= 0.6 is 15.9 Å². The fourth-order valence-electron chi connectivity index (χ4n) is 1.98. The van der Waals surface area contributed by atoms with E-state index in [1.807, 2.05) is 18.2 Å². The van der Waals surface area contributed by atoms with Crippen LogP contribution in [0.1, 0.15) is 0 Å². The lowest BCUT2D eigenvalue weighted by Crippen LogP contribution is -2.14. The number of nitrogens with one attached hydrogen (secondary N) is 1. The molecular formula is C13H9BrN2O2. The van der Waals surface area contributed by atoms with Gasteiger partial charge >= 0.3 is 5.69 Å². The standard InChI is InChI=1S/C13H9BrN2O2/c14-8-5-6-10-9(7-8)15-13(18)16(10)11-3-1-2-4-12(11)17/h1-7,17H,(H,15,18). The van der Waals surface area contributed by atoms with Gasteiger partial charge in [0.2, 0.25) is 0 Å². The van der Waals surface area contributed by atoms with Crippen LogP contribution in [0.2, 0.25) is 0 Å². The van der Waals surface area contributed by atoms with Crippen molar-refractivity contribution in [1.29, 1.82) is 0 Å². The average Bonchev–Trinajstić information content (AvgIpc) is 2.65. The van der Waals surface area contributed by atoms with Gasteiger partial charge in [-0.05, 0) is 30.3 Å². The summed E-state index contributed by atoms with van der Waals surface area (Å²) in [5.74, 6) is 0.0726. The molecule has 0 aliphatic heterocycles. The Bertz CT molecular complexity index is 789. The molecule has 0 saturated heterocycles. The van der Waals surface area contributed by atoms with Crippen LogP contribution in [0.25, 0.3) is 16.7 Å². The number of fused-ring (bicyclic) bond motifs is 1. The van der Waals surface area contributed by atoms with Crippen LogP contribution in [-0.4, -0.2) is 14.7 Å². The van der Waals surface area contributed by atoms with E-state index in [0.717, 1.165) is 15.5 Å². The van der Waals surface area contributed by atoms with Gasteiger partial charge in [-0.3, -0.25) is 4.57 Å². The summed E-state index contributed by atoms with van der Waals surface area (Å²) in [4.78, 5) is 14.7. The van der Waals surface area contributed by atoms with Crippen molar-refractivity contribution in [1.82, 2.24) is 9.55 Å². The maximum atomic E-state index is 12.0. The van der Waals surface area contributed by atoms with E-state index >= 15 is 0 Å². The quantitative estimate of drug-likeness (QED) is 0.726. The van der Waals surface area contributed by atoms with Gasteiger partial charge in [-0.2, -0.15) is 0 Å². The van der Waals surface area contributed by atoms with Crippen molar-refractivity contribution in [3.63, 3.8) is 0 Å². The molecule has 1 heterocycles. The summed E-state index contributed by atoms with van der Waals surface area (Å²) >= 11 is 3.36. The summed E-state index contributed by atoms with van der Waals surface area (Å²) in [7, 11) is 0. The van der Waals surface area contributed by atoms with Crippen molar-refractivity contribution in [2.45, 2.75) is 0 Å². The van der Waals surface area contributed by atoms with Crippen molar-refractivity contribution >= 4 is 27.0 Å². The third-order valence-corrected chi connectivity index (χ3v) is 3.26. The maximum Gasteiger partial charge on any atom is 0.331 e. The molecule has 0 fully saturated rings. The Labute approximate surface area is 111 Å². The number of imidazole rings is 1. The van der Waals surface area contributed by atoms with Crippen LogP contribution in [0.3, 0.4) is 0 Å². The van der Waals surface area contributed by atoms with Crippen LogP contribution in [0.15, 0.2) is 51.7 Å². The number of aromatic amines is 1. The zero-order valence-electron chi connectivity index (χ0n) is 9.22. The molecule has 3 rings (SSSR count). The molecule has 0 unspecified atom stereocenters. The fourth-order valence-corrected chi connectivity index (χ4v) is 2.34. The Hall–Kier alpha value is -2.01. The first-order valence-electron chi connectivity index (χ1n) is 5.35. The van der Waals surface area contributed by atoms with Gasteiger partial charge in [0.15, 0.2) is 0 Å². The van der Waals surface area contributed by atoms with Gasteiger partial charge < -0.3 is 10.1 Å². The normalized spacial score (nSPS) is 10.9. The fraction of sp³-hybridized carbons (Fsp3) is 0. The SMILES string of the molecule is O=c1[nH]c2cc(Br)ccc2n1-c1ccccc1O. The number of halogens is 1. The minimum atomic E-state index is -0.274. The van der Waals surface area contributed by atoms with Crippen LogP contribution in [-0.2, 0) is 0 Å². The van der Waals surface area contributed by atoms with E-state index in [4.69, 9.17) is 0 Å². The molecule has 0 radical (unpaired) electrons. The molecule has 4 nitrogen and oxygen atoms in total. The third kappa shape index (κ3) is 1.64. The molecule has 2 aromatic carbocycles. The van der Waals surface area contributed by atoms with Gasteiger partial charge in [0.05, 0.1) is 16.7 Å². The van der Waals surface area contributed by atoms with E-state index in [2.05, 4.69) is 20.9 Å². The molecule has 1 aromatic heterocycles. The lowest BCUT2D eigenvalue weighted by molar-refractivity contribution is 0.472. The first kappa shape index (κ1) is 11.1. The van der Waals surface area contributed by atoms with E-state index in [1.54, 1.807) is 24.3 Å². The number of H-pyrrole nitrogens is 1. The van der Waals surface area contributed by atoms with Gasteiger partial charge in [0, 0.05) is 4.47 Å². The highest BCUT2D eigenvalue weighted by atomic mass is 79.9. The van der Waals surface area contributed by atoms with Crippen LogP contribution in [0.4, 0.5) is 0 Å². The summed E-state index contributed by atoms with van der Waals surface area (Å²) in [6, 6.07) is 12.3. The lowest BCUT2D eigenvalue weighted by atomic mass is 10.2. The average molecular weight is 305 g/mol. The molecular weight excluding hydrogens is 296 g/mol. The van der Waals surface area contributed by atoms with E-state index in [9.17, 15) is 9.90 Å². The van der Waals surface area contributed by atoms with Crippen molar-refractivity contribution in [3.05, 3.63) is 57.4 Å². The zero-order chi connectivity index (χ0) is 12.7. The summed E-state index contributed by atoms with van der Waals surface area (Å²) < 4.78 is 2.34. The van der Waals surface area contributed by atoms with Gasteiger partial charge in [0.1, 0.15) is 5.75 Å². The number of hydrogen-bond donors (Lipinski definition) is 2. The highest BCUT2D eigenvalue weighted by molar-refractivity contribution is 9.10. The minimum absolute atomic E-state index is 0.0726. The molecule has 18 heavy (non-hydrogen) atoms. The Morgan fingerprint density at radius 2 is 1.94 bits per heavy atom. The highest BCUT2D eigenvalue weighted by Crippen LogP contribution is 2.24. The zero-order valence-corrected chi connectivity index (χ0v) is 10.8. The highest BCUT2D eigenvalue weighted by Gasteiger charge is 2.11. The second-order valence-corrected chi connectivity index (χ2v) is 4.83. The van der Waals surface area contributed by atoms with E-state index in [0.29, 0.717) is 5.69 Å². The second-order valence-electron chi connectivity index (χ2n) is 3.92. The smallest absolute Gasteiger partial charge is 0.331 e. The predicted octanol–water partition coefficient (Wildman–Crippen LogP) is 2.79. The molecule has 3 aromatic rings. The molecule has 90 valence electrons. The van der Waals surface area contributed by atoms with Gasteiger partial charge in [-0.1, -0.05) is 28.1 Å². The molecule has 0 saturated carbocycles. The molecule has 5 heteroatoms. The Morgan fingerprint density at radius 3 is 2.72 bits per heavy atom. The number of aromatic nitrogens is 2. The van der Waals surface area contributed by atoms with Crippen molar-refractivity contribution in [2.75, 3.05) is 0 Å². The lowest BCUT2D eigenvalue weighted by Gasteiger charge is -2.05. The van der Waals surface area contributed by atoms with E-state index < -0.39 is 0 Å². The Balaban J connectivity index is 2.40. The maximum absolute atomic E-state index is 12.0. The predicted molar refractivity (Wildman–Crippen MR) is 73.3 cm³/mol. The summed E-state index contributed by atoms with van der Waals surface area (Å²) in [5, 5.41) is 9.84. The third-order valence-electron chi connectivity index (χ3n) is 2.77. The number of nitrogens with zero attached hydrogens (tertiary/aromatic N) is 1. The number of aromatic hydroxyl groups is 1. The number of hydrogen-bond acceptors (Lipinski definition) is 2. The summed E-state index contributed by atoms with van der Waals surface area (Å²) in [6.07, 6.45) is 0. The monoisotopic (exact) mass is 304 g/mol. The number of benzene rings is 2. The summed E-state index contributed by atoms with van der Waals surface area (Å²) in [5.41, 5.74) is 1.64. The molecule has 0 spiro atoms. The van der Waals surface area contributed by atoms with Crippen LogP contribution < -0.4 is 5.69 Å². The van der Waals surface area contributed by atoms with E-state index in [-0.39, 0.29) is 11.4 Å². The number of phenols is 1. The first-order valence-corrected chi connectivity index (χ1v) is 6.15. The van der Waals surface area contributed by atoms with Crippen LogP contribution in [0, 0.1) is 0 Å². The molecule has 0 amide bonds. The van der Waals surface area contributed by atoms with Crippen molar-refractivity contribution < 1.29 is 5.11 Å². The molecule has 0 aliphatic rings. The Morgan fingerprint density at radius 1 is 1.17 bits per heavy atom. The van der Waals surface area contributed by atoms with Gasteiger partial charge in [-0.25, -0.2) is 4.79 Å². The summed E-state index contributed by atoms with van der Waals surface area (Å²) in [6.45, 7) is 0. The van der Waals surface area contributed by atoms with Crippen LogP contribution in [0.5, 0.6) is 5.75 Å². The van der Waals surface area contributed by atoms with Crippen molar-refractivity contribution in [2.24, 2.45) is 0 Å². The number of phenolic OH excluding ortho intramolecular Hbond substituents is 1. The topological polar surface area (TPSA) is 58.0 Å². The number of para-hydroxylation sites is 2. The van der Waals surface area contributed by atoms with E-state index in [1.165, 1.54) is 4.57 Å². The number of rotatable bonds is 1. The van der Waals surface area contributed by atoms with Gasteiger partial charge in [0.25, 0.3) is 0 Å². The van der Waals surface area contributed by atoms with Crippen molar-refractivity contribution in [3.8, 4) is 11.4 Å². The Kier molecular flexibility index (Phi) is 2.48. The van der Waals surface area contributed by atoms with Gasteiger partial charge in [-0.15, -0.1) is 0 Å². The molecule has 0 aliphatic carbocycles. The first-order chi connectivity index (χ1) is 8.66. The molecule has 2 N–H and O–H groups in total. The second kappa shape index (κ2) is 4.03. The minimum Gasteiger partial charge on any atom is -0.506 e. The largest absolute Gasteiger partial charge is 0.506 e. The molecule has 0 atom stereocenters. The molecule has 0 bridgehead atoms.